The normalized spacial score (nSPS) is 10.5. The van der Waals surface area contributed by atoms with E-state index in [9.17, 15) is 15.0 Å². The van der Waals surface area contributed by atoms with Gasteiger partial charge in [0.05, 0.1) is 0 Å². The largest absolute Gasteiger partial charge is 0.508 e. The maximum absolute atomic E-state index is 11.8. The third-order valence-corrected chi connectivity index (χ3v) is 4.74. The molecule has 110 valence electrons. The molecule has 0 bridgehead atoms. The second kappa shape index (κ2) is 8.00. The molecular weight excluding hydrogens is 304 g/mol. The molecule has 0 aliphatic carbocycles. The first-order valence-corrected chi connectivity index (χ1v) is 8.35. The maximum Gasteiger partial charge on any atom is 0.193 e. The van der Waals surface area contributed by atoms with Gasteiger partial charge in [-0.1, -0.05) is 11.8 Å². The summed E-state index contributed by atoms with van der Waals surface area (Å²) in [6.45, 7) is 0. The molecule has 0 aliphatic heterocycles. The van der Waals surface area contributed by atoms with Gasteiger partial charge in [0, 0.05) is 16.2 Å². The van der Waals surface area contributed by atoms with Gasteiger partial charge in [-0.25, -0.2) is 0 Å². The Balaban J connectivity index is 1.67. The highest BCUT2D eigenvalue weighted by molar-refractivity contribution is 8.13. The van der Waals surface area contributed by atoms with Gasteiger partial charge >= 0.3 is 0 Å². The van der Waals surface area contributed by atoms with E-state index >= 15 is 0 Å². The zero-order chi connectivity index (χ0) is 15.1. The van der Waals surface area contributed by atoms with E-state index in [0.29, 0.717) is 6.42 Å². The quantitative estimate of drug-likeness (QED) is 0.614. The fourth-order valence-corrected chi connectivity index (χ4v) is 3.28. The number of rotatable bonds is 6. The molecule has 0 saturated carbocycles. The number of carbonyl (C=O) groups is 1. The summed E-state index contributed by atoms with van der Waals surface area (Å²) >= 11 is 2.88. The fraction of sp³-hybridized carbons (Fsp3) is 0.188. The van der Waals surface area contributed by atoms with Crippen LogP contribution in [0.3, 0.4) is 0 Å². The molecule has 2 rings (SSSR count). The van der Waals surface area contributed by atoms with E-state index in [1.807, 2.05) is 12.1 Å². The minimum atomic E-state index is 0.131. The van der Waals surface area contributed by atoms with Crippen LogP contribution in [-0.4, -0.2) is 21.1 Å². The molecule has 0 aromatic heterocycles. The number of carbonyl (C=O) groups excluding carboxylic acids is 1. The highest BCUT2D eigenvalue weighted by atomic mass is 32.2. The molecule has 0 fully saturated rings. The molecule has 21 heavy (non-hydrogen) atoms. The Bertz CT molecular complexity index is 579. The lowest BCUT2D eigenvalue weighted by Gasteiger charge is -2.03. The molecule has 0 unspecified atom stereocenters. The van der Waals surface area contributed by atoms with Gasteiger partial charge in [0.15, 0.2) is 5.12 Å². The van der Waals surface area contributed by atoms with Crippen LogP contribution < -0.4 is 0 Å². The Morgan fingerprint density at radius 2 is 1.38 bits per heavy atom. The molecule has 0 aliphatic rings. The Morgan fingerprint density at radius 3 is 1.95 bits per heavy atom. The summed E-state index contributed by atoms with van der Waals surface area (Å²) in [5, 5.41) is 18.5. The van der Waals surface area contributed by atoms with E-state index in [0.717, 1.165) is 22.0 Å². The van der Waals surface area contributed by atoms with Crippen LogP contribution in [0, 0.1) is 0 Å². The van der Waals surface area contributed by atoms with E-state index in [-0.39, 0.29) is 16.6 Å². The number of phenols is 2. The lowest BCUT2D eigenvalue weighted by Crippen LogP contribution is -1.92. The van der Waals surface area contributed by atoms with Crippen molar-refractivity contribution < 1.29 is 15.0 Å². The molecule has 0 saturated heterocycles. The summed E-state index contributed by atoms with van der Waals surface area (Å²) in [5.41, 5.74) is 0. The van der Waals surface area contributed by atoms with Crippen LogP contribution in [0.5, 0.6) is 11.5 Å². The zero-order valence-corrected chi connectivity index (χ0v) is 13.0. The second-order valence-corrected chi connectivity index (χ2v) is 6.71. The van der Waals surface area contributed by atoms with Crippen molar-refractivity contribution in [3.8, 4) is 11.5 Å². The number of aromatic hydroxyl groups is 2. The van der Waals surface area contributed by atoms with Gasteiger partial charge < -0.3 is 10.2 Å². The molecule has 3 nitrogen and oxygen atoms in total. The summed E-state index contributed by atoms with van der Waals surface area (Å²) < 4.78 is 0. The van der Waals surface area contributed by atoms with Crippen molar-refractivity contribution in [1.29, 1.82) is 0 Å². The van der Waals surface area contributed by atoms with Gasteiger partial charge in [-0.2, -0.15) is 0 Å². The van der Waals surface area contributed by atoms with Gasteiger partial charge in [0.1, 0.15) is 11.5 Å². The number of hydrogen-bond acceptors (Lipinski definition) is 5. The van der Waals surface area contributed by atoms with Crippen molar-refractivity contribution in [2.45, 2.75) is 22.6 Å². The molecular formula is C16H16O3S2. The Kier molecular flexibility index (Phi) is 6.02. The highest BCUT2D eigenvalue weighted by Gasteiger charge is 2.05. The molecule has 0 atom stereocenters. The predicted molar refractivity (Wildman–Crippen MR) is 87.0 cm³/mol. The van der Waals surface area contributed by atoms with Gasteiger partial charge in [0.25, 0.3) is 0 Å². The summed E-state index contributed by atoms with van der Waals surface area (Å²) in [6, 6.07) is 13.7. The number of hydrogen-bond donors (Lipinski definition) is 2. The van der Waals surface area contributed by atoms with Crippen molar-refractivity contribution in [3.05, 3.63) is 48.5 Å². The van der Waals surface area contributed by atoms with Crippen LogP contribution in [0.4, 0.5) is 0 Å². The molecule has 5 heteroatoms. The molecule has 0 heterocycles. The predicted octanol–water partition coefficient (Wildman–Crippen LogP) is 4.29. The van der Waals surface area contributed by atoms with Crippen LogP contribution >= 0.6 is 23.5 Å². The minimum Gasteiger partial charge on any atom is -0.508 e. The van der Waals surface area contributed by atoms with Crippen LogP contribution in [0.1, 0.15) is 12.8 Å². The van der Waals surface area contributed by atoms with Crippen LogP contribution in [0.2, 0.25) is 0 Å². The lowest BCUT2D eigenvalue weighted by molar-refractivity contribution is -0.111. The van der Waals surface area contributed by atoms with E-state index in [1.165, 1.54) is 11.8 Å². The van der Waals surface area contributed by atoms with Crippen molar-refractivity contribution in [2.75, 3.05) is 5.75 Å². The number of phenolic OH excluding ortho intramolecular Hbond substituents is 2. The Morgan fingerprint density at radius 1 is 0.857 bits per heavy atom. The molecule has 0 radical (unpaired) electrons. The van der Waals surface area contributed by atoms with E-state index in [2.05, 4.69) is 0 Å². The lowest BCUT2D eigenvalue weighted by atomic mass is 10.3. The molecule has 2 N–H and O–H groups in total. The standard InChI is InChI=1S/C16H16O3S2/c17-12-3-7-14(8-4-12)20-11-1-2-16(19)21-15-9-5-13(18)6-10-15/h3-10,17-18H,1-2,11H2. The third-order valence-electron chi connectivity index (χ3n) is 2.70. The molecule has 2 aromatic rings. The first-order valence-electron chi connectivity index (χ1n) is 6.55. The van der Waals surface area contributed by atoms with Crippen molar-refractivity contribution >= 4 is 28.6 Å². The second-order valence-electron chi connectivity index (χ2n) is 4.41. The first kappa shape index (κ1) is 15.8. The van der Waals surface area contributed by atoms with E-state index in [1.54, 1.807) is 48.2 Å². The molecule has 0 amide bonds. The first-order chi connectivity index (χ1) is 10.1. The highest BCUT2D eigenvalue weighted by Crippen LogP contribution is 2.25. The fourth-order valence-electron chi connectivity index (χ4n) is 1.65. The number of thioether (sulfide) groups is 2. The average molecular weight is 320 g/mol. The van der Waals surface area contributed by atoms with Crippen molar-refractivity contribution in [3.63, 3.8) is 0 Å². The van der Waals surface area contributed by atoms with Gasteiger partial charge in [-0.05, 0) is 60.7 Å². The number of benzene rings is 2. The summed E-state index contributed by atoms with van der Waals surface area (Å²) in [6.07, 6.45) is 1.34. The summed E-state index contributed by atoms with van der Waals surface area (Å²) in [4.78, 5) is 13.8. The van der Waals surface area contributed by atoms with Crippen LogP contribution in [-0.2, 0) is 4.79 Å². The van der Waals surface area contributed by atoms with E-state index < -0.39 is 0 Å². The third kappa shape index (κ3) is 5.73. The maximum atomic E-state index is 11.8. The monoisotopic (exact) mass is 320 g/mol. The Labute approximate surface area is 132 Å². The van der Waals surface area contributed by atoms with Gasteiger partial charge in [0.2, 0.25) is 0 Å². The van der Waals surface area contributed by atoms with Crippen molar-refractivity contribution in [2.24, 2.45) is 0 Å². The minimum absolute atomic E-state index is 0.131. The Hall–Kier alpha value is -1.59. The van der Waals surface area contributed by atoms with Crippen molar-refractivity contribution in [1.82, 2.24) is 0 Å². The molecule has 2 aromatic carbocycles. The zero-order valence-electron chi connectivity index (χ0n) is 11.4. The summed E-state index contributed by atoms with van der Waals surface area (Å²) in [5.74, 6) is 1.34. The van der Waals surface area contributed by atoms with Gasteiger partial charge in [-0.3, -0.25) is 4.79 Å². The topological polar surface area (TPSA) is 57.5 Å². The summed E-state index contributed by atoms with van der Waals surface area (Å²) in [7, 11) is 0. The van der Waals surface area contributed by atoms with Crippen LogP contribution in [0.15, 0.2) is 58.3 Å². The SMILES string of the molecule is O=C(CCCSc1ccc(O)cc1)Sc1ccc(O)cc1. The average Bonchev–Trinajstić information content (AvgIpc) is 2.48. The molecule has 0 spiro atoms. The van der Waals surface area contributed by atoms with Gasteiger partial charge in [-0.15, -0.1) is 11.8 Å². The smallest absolute Gasteiger partial charge is 0.193 e. The van der Waals surface area contributed by atoms with E-state index in [4.69, 9.17) is 0 Å². The van der Waals surface area contributed by atoms with Crippen LogP contribution in [0.25, 0.3) is 0 Å².